The molecule has 2 heterocycles. The SMILES string of the molecule is COCOc1cc(-c2cnc(OC3CC(c4ccccc4)C3)cn2)on1. The van der Waals surface area contributed by atoms with Crippen LogP contribution in [0.2, 0.25) is 0 Å². The van der Waals surface area contributed by atoms with Crippen LogP contribution >= 0.6 is 0 Å². The molecule has 0 radical (unpaired) electrons. The monoisotopic (exact) mass is 353 g/mol. The van der Waals surface area contributed by atoms with E-state index in [2.05, 4.69) is 39.4 Å². The van der Waals surface area contributed by atoms with Crippen LogP contribution in [0, 0.1) is 0 Å². The van der Waals surface area contributed by atoms with Crippen LogP contribution in [0.1, 0.15) is 24.3 Å². The molecule has 0 bridgehead atoms. The zero-order valence-corrected chi connectivity index (χ0v) is 14.4. The van der Waals surface area contributed by atoms with Crippen LogP contribution in [-0.4, -0.2) is 35.1 Å². The van der Waals surface area contributed by atoms with E-state index in [1.165, 1.54) is 12.7 Å². The second kappa shape index (κ2) is 7.53. The van der Waals surface area contributed by atoms with Crippen molar-refractivity contribution in [3.63, 3.8) is 0 Å². The predicted octanol–water partition coefficient (Wildman–Crippen LogP) is 3.44. The number of hydrogen-bond donors (Lipinski definition) is 0. The summed E-state index contributed by atoms with van der Waals surface area (Å²) in [5.74, 6) is 1.89. The van der Waals surface area contributed by atoms with Crippen molar-refractivity contribution in [1.82, 2.24) is 15.1 Å². The van der Waals surface area contributed by atoms with E-state index in [9.17, 15) is 0 Å². The van der Waals surface area contributed by atoms with Gasteiger partial charge in [0.1, 0.15) is 11.8 Å². The van der Waals surface area contributed by atoms with Crippen LogP contribution in [0.25, 0.3) is 11.5 Å². The molecule has 1 fully saturated rings. The Labute approximate surface area is 150 Å². The van der Waals surface area contributed by atoms with E-state index in [4.69, 9.17) is 18.7 Å². The number of methoxy groups -OCH3 is 1. The normalized spacial score (nSPS) is 19.0. The van der Waals surface area contributed by atoms with Crippen molar-refractivity contribution < 1.29 is 18.7 Å². The molecule has 0 spiro atoms. The summed E-state index contributed by atoms with van der Waals surface area (Å²) < 4.78 is 21.1. The van der Waals surface area contributed by atoms with Gasteiger partial charge in [-0.25, -0.2) is 9.97 Å². The lowest BCUT2D eigenvalue weighted by Crippen LogP contribution is -2.32. The summed E-state index contributed by atoms with van der Waals surface area (Å²) in [4.78, 5) is 8.63. The lowest BCUT2D eigenvalue weighted by Gasteiger charge is -2.35. The molecule has 0 unspecified atom stereocenters. The Balaban J connectivity index is 1.32. The number of aromatic nitrogens is 3. The third-order valence-electron chi connectivity index (χ3n) is 4.35. The largest absolute Gasteiger partial charge is 0.473 e. The van der Waals surface area contributed by atoms with Crippen LogP contribution in [0.15, 0.2) is 53.3 Å². The van der Waals surface area contributed by atoms with Crippen molar-refractivity contribution in [2.45, 2.75) is 24.9 Å². The van der Waals surface area contributed by atoms with Crippen molar-refractivity contribution in [2.75, 3.05) is 13.9 Å². The molecular formula is C19H19N3O4. The maximum Gasteiger partial charge on any atom is 0.256 e. The van der Waals surface area contributed by atoms with Crippen molar-refractivity contribution in [3.05, 3.63) is 54.4 Å². The van der Waals surface area contributed by atoms with E-state index in [1.54, 1.807) is 18.5 Å². The molecule has 7 heteroatoms. The molecule has 0 aliphatic heterocycles. The Morgan fingerprint density at radius 3 is 2.65 bits per heavy atom. The standard InChI is InChI=1S/C19H19N3O4/c1-23-12-24-18-9-17(26-22-18)16-10-21-19(11-20-16)25-15-7-14(8-15)13-5-3-2-4-6-13/h2-6,9-11,14-15H,7-8,12H2,1H3. The Hall–Kier alpha value is -2.93. The summed E-state index contributed by atoms with van der Waals surface area (Å²) in [7, 11) is 1.54. The van der Waals surface area contributed by atoms with Crippen LogP contribution in [0.5, 0.6) is 11.8 Å². The zero-order chi connectivity index (χ0) is 17.8. The summed E-state index contributed by atoms with van der Waals surface area (Å²) in [6.07, 6.45) is 5.37. The van der Waals surface area contributed by atoms with Gasteiger partial charge < -0.3 is 18.7 Å². The molecule has 0 amide bonds. The van der Waals surface area contributed by atoms with Gasteiger partial charge in [0.2, 0.25) is 5.88 Å². The van der Waals surface area contributed by atoms with Crippen molar-refractivity contribution >= 4 is 0 Å². The topological polar surface area (TPSA) is 79.5 Å². The first kappa shape index (κ1) is 16.5. The highest BCUT2D eigenvalue weighted by Gasteiger charge is 2.32. The van der Waals surface area contributed by atoms with Gasteiger partial charge in [-0.15, -0.1) is 0 Å². The van der Waals surface area contributed by atoms with Gasteiger partial charge in [-0.3, -0.25) is 0 Å². The Morgan fingerprint density at radius 2 is 1.92 bits per heavy atom. The Kier molecular flexibility index (Phi) is 4.79. The lowest BCUT2D eigenvalue weighted by atomic mass is 9.77. The van der Waals surface area contributed by atoms with E-state index in [-0.39, 0.29) is 12.9 Å². The van der Waals surface area contributed by atoms with Gasteiger partial charge >= 0.3 is 0 Å². The molecule has 3 aromatic rings. The number of rotatable bonds is 7. The fourth-order valence-electron chi connectivity index (χ4n) is 2.90. The third-order valence-corrected chi connectivity index (χ3v) is 4.35. The minimum absolute atomic E-state index is 0.107. The van der Waals surface area contributed by atoms with Gasteiger partial charge in [0.25, 0.3) is 5.88 Å². The first-order chi connectivity index (χ1) is 12.8. The van der Waals surface area contributed by atoms with Crippen molar-refractivity contribution in [2.24, 2.45) is 0 Å². The fourth-order valence-corrected chi connectivity index (χ4v) is 2.90. The highest BCUT2D eigenvalue weighted by Crippen LogP contribution is 2.38. The molecular weight excluding hydrogens is 334 g/mol. The average molecular weight is 353 g/mol. The lowest BCUT2D eigenvalue weighted by molar-refractivity contribution is 0.0453. The second-order valence-electron chi connectivity index (χ2n) is 6.14. The predicted molar refractivity (Wildman–Crippen MR) is 92.9 cm³/mol. The molecule has 26 heavy (non-hydrogen) atoms. The summed E-state index contributed by atoms with van der Waals surface area (Å²) in [5.41, 5.74) is 1.93. The fraction of sp³-hybridized carbons (Fsp3) is 0.316. The van der Waals surface area contributed by atoms with Gasteiger partial charge in [0.05, 0.1) is 18.5 Å². The van der Waals surface area contributed by atoms with Crippen LogP contribution < -0.4 is 9.47 Å². The molecule has 1 saturated carbocycles. The smallest absolute Gasteiger partial charge is 0.256 e. The van der Waals surface area contributed by atoms with Gasteiger partial charge in [0.15, 0.2) is 12.6 Å². The number of ether oxygens (including phenoxy) is 3. The molecule has 1 aliphatic carbocycles. The minimum Gasteiger partial charge on any atom is -0.473 e. The van der Waals surface area contributed by atoms with E-state index >= 15 is 0 Å². The minimum atomic E-state index is 0.107. The zero-order valence-electron chi connectivity index (χ0n) is 14.4. The molecule has 2 aromatic heterocycles. The average Bonchev–Trinajstić information content (AvgIpc) is 3.13. The maximum atomic E-state index is 5.89. The third kappa shape index (κ3) is 3.67. The first-order valence-corrected chi connectivity index (χ1v) is 8.44. The number of nitrogens with zero attached hydrogens (tertiary/aromatic N) is 3. The van der Waals surface area contributed by atoms with Gasteiger partial charge in [-0.05, 0) is 29.5 Å². The van der Waals surface area contributed by atoms with Gasteiger partial charge in [0, 0.05) is 7.11 Å². The summed E-state index contributed by atoms with van der Waals surface area (Å²) >= 11 is 0. The van der Waals surface area contributed by atoms with Crippen LogP contribution in [0.4, 0.5) is 0 Å². The highest BCUT2D eigenvalue weighted by molar-refractivity contribution is 5.51. The molecule has 0 N–H and O–H groups in total. The van der Waals surface area contributed by atoms with Gasteiger partial charge in [-0.1, -0.05) is 30.3 Å². The molecule has 7 nitrogen and oxygen atoms in total. The quantitative estimate of drug-likeness (QED) is 0.602. The van der Waals surface area contributed by atoms with E-state index in [1.807, 2.05) is 6.07 Å². The highest BCUT2D eigenvalue weighted by atomic mass is 16.7. The van der Waals surface area contributed by atoms with E-state index < -0.39 is 0 Å². The molecule has 1 aliphatic rings. The Bertz CT molecular complexity index is 830. The Morgan fingerprint density at radius 1 is 1.08 bits per heavy atom. The van der Waals surface area contributed by atoms with E-state index in [0.717, 1.165) is 12.8 Å². The summed E-state index contributed by atoms with van der Waals surface area (Å²) in [6, 6.07) is 12.1. The molecule has 0 atom stereocenters. The summed E-state index contributed by atoms with van der Waals surface area (Å²) in [5, 5.41) is 3.78. The summed E-state index contributed by atoms with van der Waals surface area (Å²) in [6.45, 7) is 0.107. The van der Waals surface area contributed by atoms with Crippen LogP contribution in [-0.2, 0) is 4.74 Å². The number of hydrogen-bond acceptors (Lipinski definition) is 7. The molecule has 0 saturated heterocycles. The molecule has 1 aromatic carbocycles. The first-order valence-electron chi connectivity index (χ1n) is 8.44. The second-order valence-corrected chi connectivity index (χ2v) is 6.14. The molecule has 4 rings (SSSR count). The van der Waals surface area contributed by atoms with Crippen molar-refractivity contribution in [1.29, 1.82) is 0 Å². The van der Waals surface area contributed by atoms with E-state index in [0.29, 0.717) is 29.1 Å². The maximum absolute atomic E-state index is 5.89. The van der Waals surface area contributed by atoms with Crippen molar-refractivity contribution in [3.8, 4) is 23.2 Å². The van der Waals surface area contributed by atoms with Crippen LogP contribution in [0.3, 0.4) is 0 Å². The molecule has 134 valence electrons. The van der Waals surface area contributed by atoms with Gasteiger partial charge in [-0.2, -0.15) is 0 Å². The number of benzene rings is 1.